The fourth-order valence-corrected chi connectivity index (χ4v) is 12.9. The first-order valence-corrected chi connectivity index (χ1v) is 24.4. The lowest BCUT2D eigenvalue weighted by Crippen LogP contribution is -2.51. The second-order valence-electron chi connectivity index (χ2n) is 20.6. The molecule has 1 spiro atoms. The van der Waals surface area contributed by atoms with Gasteiger partial charge in [-0.1, -0.05) is 64.8 Å². The van der Waals surface area contributed by atoms with Gasteiger partial charge in [-0.25, -0.2) is 19.6 Å². The quantitative estimate of drug-likeness (QED) is 0.132. The third-order valence-corrected chi connectivity index (χ3v) is 16.0. The monoisotopic (exact) mass is 896 g/mol. The molecule has 4 aromatic rings. The van der Waals surface area contributed by atoms with E-state index in [2.05, 4.69) is 44.5 Å². The van der Waals surface area contributed by atoms with Gasteiger partial charge in [0.15, 0.2) is 0 Å². The number of nitrogens with zero attached hydrogens (tertiary/aromatic N) is 5. The summed E-state index contributed by atoms with van der Waals surface area (Å²) in [6.45, 7) is 8.79. The number of aromatic nitrogens is 4. The van der Waals surface area contributed by atoms with Crippen LogP contribution in [0.3, 0.4) is 0 Å². The number of methoxy groups -OCH3 is 2. The second-order valence-corrected chi connectivity index (χ2v) is 20.6. The predicted molar refractivity (Wildman–Crippen MR) is 251 cm³/mol. The average Bonchev–Trinajstić information content (AvgIpc) is 4.17. The summed E-state index contributed by atoms with van der Waals surface area (Å²) >= 11 is 0. The number of carbonyl (C=O) groups is 4. The molecule has 0 radical (unpaired) electrons. The lowest BCUT2D eigenvalue weighted by atomic mass is 9.80. The number of aromatic amines is 2. The van der Waals surface area contributed by atoms with E-state index in [1.165, 1.54) is 104 Å². The highest BCUT2D eigenvalue weighted by molar-refractivity contribution is 6.40. The summed E-state index contributed by atoms with van der Waals surface area (Å²) in [7, 11) is 2.59. The molecule has 2 aliphatic heterocycles. The SMILES string of the molecule is COC(=O)N=C(C(=O)N1CCCC1c1ncc(-c2ccc(-c3ccc(-c4cnc([C@@H]5CCCN5C(=O)[C@@H](NC(=O)OC)C(C)C)[nH]4)c4c3C3CCC4C3)c3c2CC2(CCCC2)C3)[nH]1)C(C)C. The molecule has 4 fully saturated rings. The van der Waals surface area contributed by atoms with Crippen molar-refractivity contribution in [2.75, 3.05) is 27.3 Å². The minimum absolute atomic E-state index is 0.103. The van der Waals surface area contributed by atoms with Crippen molar-refractivity contribution in [2.45, 2.75) is 141 Å². The molecule has 3 unspecified atom stereocenters. The number of imidazole rings is 2. The van der Waals surface area contributed by atoms with Crippen LogP contribution < -0.4 is 5.32 Å². The summed E-state index contributed by atoms with van der Waals surface area (Å²) in [5, 5.41) is 2.76. The van der Waals surface area contributed by atoms with Gasteiger partial charge in [-0.05, 0) is 127 Å². The van der Waals surface area contributed by atoms with E-state index in [0.29, 0.717) is 24.9 Å². The van der Waals surface area contributed by atoms with Gasteiger partial charge in [-0.2, -0.15) is 4.99 Å². The van der Waals surface area contributed by atoms with Crippen LogP contribution in [0.2, 0.25) is 0 Å². The number of ether oxygens (including phenoxy) is 2. The van der Waals surface area contributed by atoms with Crippen LogP contribution in [0.5, 0.6) is 0 Å². The molecule has 4 aliphatic carbocycles. The van der Waals surface area contributed by atoms with E-state index in [1.54, 1.807) is 0 Å². The van der Waals surface area contributed by atoms with Gasteiger partial charge in [0.05, 0.1) is 50.1 Å². The summed E-state index contributed by atoms with van der Waals surface area (Å²) in [6.07, 6.45) is 16.5. The summed E-state index contributed by atoms with van der Waals surface area (Å²) < 4.78 is 9.63. The number of hydrogen-bond donors (Lipinski definition) is 3. The van der Waals surface area contributed by atoms with Crippen LogP contribution in [0.25, 0.3) is 33.6 Å². The summed E-state index contributed by atoms with van der Waals surface area (Å²) in [6, 6.07) is 8.24. The number of likely N-dealkylation sites (tertiary alicyclic amines) is 2. The number of amides is 4. The minimum atomic E-state index is -0.767. The molecule has 2 aromatic carbocycles. The third-order valence-electron chi connectivity index (χ3n) is 16.0. The van der Waals surface area contributed by atoms with Crippen molar-refractivity contribution in [2.24, 2.45) is 22.2 Å². The molecule has 2 bridgehead atoms. The molecule has 6 aliphatic rings. The number of hydrogen-bond acceptors (Lipinski definition) is 8. The van der Waals surface area contributed by atoms with Crippen LogP contribution in [-0.4, -0.2) is 92.8 Å². The number of fused-ring (bicyclic) bond motifs is 6. The van der Waals surface area contributed by atoms with Crippen molar-refractivity contribution in [1.82, 2.24) is 35.1 Å². The van der Waals surface area contributed by atoms with Gasteiger partial charge in [0.1, 0.15) is 23.4 Å². The lowest BCUT2D eigenvalue weighted by molar-refractivity contribution is -0.135. The van der Waals surface area contributed by atoms with Crippen molar-refractivity contribution in [3.8, 4) is 33.6 Å². The van der Waals surface area contributed by atoms with E-state index >= 15 is 0 Å². The Kier molecular flexibility index (Phi) is 11.7. The zero-order chi connectivity index (χ0) is 46.0. The zero-order valence-corrected chi connectivity index (χ0v) is 39.3. The summed E-state index contributed by atoms with van der Waals surface area (Å²) in [5.74, 6) is 1.85. The van der Waals surface area contributed by atoms with Gasteiger partial charge in [0, 0.05) is 30.1 Å². The predicted octanol–water partition coefficient (Wildman–Crippen LogP) is 9.73. The number of rotatable bonds is 10. The van der Waals surface area contributed by atoms with Gasteiger partial charge in [0.25, 0.3) is 5.91 Å². The Balaban J connectivity index is 0.975. The highest BCUT2D eigenvalue weighted by atomic mass is 16.5. The zero-order valence-electron chi connectivity index (χ0n) is 39.3. The molecule has 2 saturated carbocycles. The third kappa shape index (κ3) is 7.61. The Hall–Kier alpha value is -5.79. The van der Waals surface area contributed by atoms with Crippen LogP contribution in [0.1, 0.15) is 156 Å². The first-order valence-electron chi connectivity index (χ1n) is 24.4. The highest BCUT2D eigenvalue weighted by Crippen LogP contribution is 2.60. The average molecular weight is 897 g/mol. The molecule has 4 heterocycles. The van der Waals surface area contributed by atoms with E-state index in [1.807, 2.05) is 49.9 Å². The Bertz CT molecular complexity index is 2600. The summed E-state index contributed by atoms with van der Waals surface area (Å²) in [5.41, 5.74) is 13.4. The summed E-state index contributed by atoms with van der Waals surface area (Å²) in [4.78, 5) is 77.1. The highest BCUT2D eigenvalue weighted by Gasteiger charge is 2.45. The van der Waals surface area contributed by atoms with E-state index in [0.717, 1.165) is 61.6 Å². The maximum atomic E-state index is 13.9. The molecule has 4 amide bonds. The standard InChI is InChI=1S/C52H64N8O6/c1-28(2)44(57-50(63)65-5)48(61)59-21-9-11-40(59)46-53-26-38(55-46)33-16-15-32(36-24-52(25-37(33)36)19-7-8-20-52)34-17-18-35(43-31-14-13-30(23-31)42(34)43)39-27-54-47(56-39)41-12-10-22-60(41)49(62)45(29(3)4)58-51(64)66-6/h15-18,26-31,40-41,45H,7-14,19-25H2,1-6H3,(H,53,55)(H,54,56)(H,58,64)/t30?,31?,40?,41-,45-/m0/s1. The van der Waals surface area contributed by atoms with Gasteiger partial charge < -0.3 is 34.6 Å². The largest absolute Gasteiger partial charge is 0.453 e. The van der Waals surface area contributed by atoms with Crippen LogP contribution in [0.15, 0.2) is 41.7 Å². The van der Waals surface area contributed by atoms with Crippen molar-refractivity contribution in [3.63, 3.8) is 0 Å². The van der Waals surface area contributed by atoms with Gasteiger partial charge in [-0.15, -0.1) is 0 Å². The van der Waals surface area contributed by atoms with Crippen molar-refractivity contribution < 1.29 is 28.7 Å². The minimum Gasteiger partial charge on any atom is -0.453 e. The topological polar surface area (TPSA) is 175 Å². The van der Waals surface area contributed by atoms with E-state index in [9.17, 15) is 19.2 Å². The number of benzene rings is 2. The molecule has 348 valence electrons. The molecule has 5 atom stereocenters. The van der Waals surface area contributed by atoms with E-state index in [4.69, 9.17) is 19.4 Å². The first-order chi connectivity index (χ1) is 31.9. The molecule has 14 nitrogen and oxygen atoms in total. The molecule has 2 aromatic heterocycles. The van der Waals surface area contributed by atoms with Crippen LogP contribution >= 0.6 is 0 Å². The van der Waals surface area contributed by atoms with Crippen molar-refractivity contribution in [3.05, 3.63) is 70.6 Å². The Morgan fingerprint density at radius 2 is 1.29 bits per heavy atom. The fraction of sp³-hybridized carbons (Fsp3) is 0.558. The van der Waals surface area contributed by atoms with Crippen LogP contribution in [0.4, 0.5) is 9.59 Å². The molecule has 66 heavy (non-hydrogen) atoms. The normalized spacial score (nSPS) is 23.3. The molecule has 2 saturated heterocycles. The van der Waals surface area contributed by atoms with Gasteiger partial charge in [0.2, 0.25) is 5.91 Å². The van der Waals surface area contributed by atoms with Gasteiger partial charge in [-0.3, -0.25) is 9.59 Å². The van der Waals surface area contributed by atoms with Crippen molar-refractivity contribution in [1.29, 1.82) is 0 Å². The lowest BCUT2D eigenvalue weighted by Gasteiger charge is -2.30. The Morgan fingerprint density at radius 1 is 0.727 bits per heavy atom. The molecule has 3 N–H and O–H groups in total. The molecular formula is C52H64N8O6. The maximum Gasteiger partial charge on any atom is 0.433 e. The Labute approximate surface area is 387 Å². The fourth-order valence-electron chi connectivity index (χ4n) is 12.9. The molecule has 10 rings (SSSR count). The molecule has 14 heteroatoms. The van der Waals surface area contributed by atoms with Crippen LogP contribution in [0, 0.1) is 17.3 Å². The smallest absolute Gasteiger partial charge is 0.433 e. The number of nitrogens with one attached hydrogen (secondary N) is 3. The van der Waals surface area contributed by atoms with Gasteiger partial charge >= 0.3 is 12.2 Å². The number of carbonyl (C=O) groups excluding carboxylic acids is 4. The number of alkyl carbamates (subject to hydrolysis) is 1. The van der Waals surface area contributed by atoms with Crippen molar-refractivity contribution >= 4 is 29.7 Å². The maximum absolute atomic E-state index is 13.9. The Morgan fingerprint density at radius 3 is 1.91 bits per heavy atom. The van der Waals surface area contributed by atoms with E-state index in [-0.39, 0.29) is 46.9 Å². The number of aliphatic imine (C=N–C) groups is 1. The second kappa shape index (κ2) is 17.5. The van der Waals surface area contributed by atoms with Crippen LogP contribution in [-0.2, 0) is 31.9 Å². The number of H-pyrrole nitrogens is 2. The van der Waals surface area contributed by atoms with E-state index < -0.39 is 18.2 Å². The molecular weight excluding hydrogens is 833 g/mol. The first kappa shape index (κ1) is 44.1.